The number of hydrogen-bond donors (Lipinski definition) is 2. The number of anilines is 1. The fraction of sp³-hybridized carbons (Fsp3) is 0.714. The zero-order valence-corrected chi connectivity index (χ0v) is 12.1. The van der Waals surface area contributed by atoms with Crippen LogP contribution in [0.2, 0.25) is 0 Å². The molecule has 0 aliphatic heterocycles. The molecule has 2 aliphatic rings. The maximum atomic E-state index is 12.0. The van der Waals surface area contributed by atoms with Gasteiger partial charge in [0.1, 0.15) is 0 Å². The van der Waals surface area contributed by atoms with E-state index in [0.717, 1.165) is 17.5 Å². The molecule has 2 bridgehead atoms. The first-order valence-electron chi connectivity index (χ1n) is 7.11. The Labute approximate surface area is 117 Å². The van der Waals surface area contributed by atoms with E-state index >= 15 is 0 Å². The van der Waals surface area contributed by atoms with Crippen LogP contribution in [-0.2, 0) is 11.2 Å². The van der Waals surface area contributed by atoms with E-state index in [9.17, 15) is 4.79 Å². The summed E-state index contributed by atoms with van der Waals surface area (Å²) < 4.78 is 0. The molecular formula is C14H21N3OS. The van der Waals surface area contributed by atoms with Crippen LogP contribution < -0.4 is 11.1 Å². The highest BCUT2D eigenvalue weighted by Gasteiger charge is 2.42. The zero-order chi connectivity index (χ0) is 13.4. The fourth-order valence-electron chi connectivity index (χ4n) is 3.89. The van der Waals surface area contributed by atoms with Crippen LogP contribution in [0.1, 0.15) is 38.3 Å². The third-order valence-corrected chi connectivity index (χ3v) is 5.46. The zero-order valence-electron chi connectivity index (χ0n) is 11.3. The molecule has 1 heterocycles. The van der Waals surface area contributed by atoms with E-state index in [1.807, 2.05) is 5.38 Å². The van der Waals surface area contributed by atoms with Crippen LogP contribution >= 0.6 is 11.3 Å². The molecule has 2 fully saturated rings. The van der Waals surface area contributed by atoms with Crippen molar-refractivity contribution in [3.05, 3.63) is 11.1 Å². The van der Waals surface area contributed by atoms with E-state index in [4.69, 9.17) is 5.73 Å². The lowest BCUT2D eigenvalue weighted by Gasteiger charge is -2.28. The number of amides is 1. The van der Waals surface area contributed by atoms with E-state index in [-0.39, 0.29) is 5.91 Å². The van der Waals surface area contributed by atoms with Crippen LogP contribution in [0.4, 0.5) is 5.13 Å². The lowest BCUT2D eigenvalue weighted by molar-refractivity contribution is -0.121. The Balaban J connectivity index is 1.52. The molecule has 0 aromatic carbocycles. The minimum Gasteiger partial charge on any atom is -0.375 e. The van der Waals surface area contributed by atoms with Crippen molar-refractivity contribution >= 4 is 22.4 Å². The summed E-state index contributed by atoms with van der Waals surface area (Å²) in [5.41, 5.74) is 6.35. The predicted octanol–water partition coefficient (Wildman–Crippen LogP) is 2.21. The number of nitrogens with one attached hydrogen (secondary N) is 1. The molecule has 4 nitrogen and oxygen atoms in total. The number of nitrogens with two attached hydrogens (primary N) is 1. The maximum absolute atomic E-state index is 12.0. The summed E-state index contributed by atoms with van der Waals surface area (Å²) in [4.78, 5) is 16.1. The Hall–Kier alpha value is -1.10. The molecule has 1 aromatic rings. The number of nitrogen functional groups attached to an aromatic ring is 1. The van der Waals surface area contributed by atoms with Crippen LogP contribution in [-0.4, -0.2) is 16.9 Å². The van der Waals surface area contributed by atoms with Gasteiger partial charge in [0, 0.05) is 11.4 Å². The van der Waals surface area contributed by atoms with Crippen molar-refractivity contribution in [2.45, 2.75) is 45.1 Å². The van der Waals surface area contributed by atoms with Crippen molar-refractivity contribution in [1.82, 2.24) is 10.3 Å². The molecule has 2 saturated carbocycles. The van der Waals surface area contributed by atoms with Crippen LogP contribution in [0.3, 0.4) is 0 Å². The van der Waals surface area contributed by atoms with E-state index < -0.39 is 0 Å². The van der Waals surface area contributed by atoms with Crippen molar-refractivity contribution in [3.8, 4) is 0 Å². The molecule has 4 atom stereocenters. The molecule has 3 N–H and O–H groups in total. The van der Waals surface area contributed by atoms with Gasteiger partial charge >= 0.3 is 0 Å². The molecule has 5 heteroatoms. The van der Waals surface area contributed by atoms with Gasteiger partial charge < -0.3 is 11.1 Å². The first kappa shape index (κ1) is 12.9. The van der Waals surface area contributed by atoms with Crippen LogP contribution in [0.25, 0.3) is 0 Å². The average molecular weight is 279 g/mol. The van der Waals surface area contributed by atoms with Gasteiger partial charge in [-0.2, -0.15) is 0 Å². The third-order valence-electron chi connectivity index (χ3n) is 4.73. The molecule has 4 unspecified atom stereocenters. The van der Waals surface area contributed by atoms with Gasteiger partial charge in [-0.3, -0.25) is 4.79 Å². The summed E-state index contributed by atoms with van der Waals surface area (Å²) in [6.45, 7) is 2.15. The summed E-state index contributed by atoms with van der Waals surface area (Å²) in [6, 6.07) is 0.291. The molecule has 3 rings (SSSR count). The Morgan fingerprint density at radius 1 is 1.58 bits per heavy atom. The van der Waals surface area contributed by atoms with Gasteiger partial charge in [0.2, 0.25) is 5.91 Å². The predicted molar refractivity (Wildman–Crippen MR) is 76.8 cm³/mol. The molecule has 1 amide bonds. The van der Waals surface area contributed by atoms with Crippen molar-refractivity contribution < 1.29 is 4.79 Å². The number of hydrogen-bond acceptors (Lipinski definition) is 4. The Morgan fingerprint density at radius 3 is 3.00 bits per heavy atom. The summed E-state index contributed by atoms with van der Waals surface area (Å²) >= 11 is 1.39. The number of thiazole rings is 1. The van der Waals surface area contributed by atoms with Gasteiger partial charge in [-0.1, -0.05) is 6.42 Å². The van der Waals surface area contributed by atoms with E-state index in [1.165, 1.54) is 37.0 Å². The lowest BCUT2D eigenvalue weighted by Crippen LogP contribution is -2.40. The molecule has 1 aromatic heterocycles. The fourth-order valence-corrected chi connectivity index (χ4v) is 4.45. The first-order chi connectivity index (χ1) is 9.11. The molecule has 2 aliphatic carbocycles. The number of carbonyl (C=O) groups is 1. The topological polar surface area (TPSA) is 68.0 Å². The Kier molecular flexibility index (Phi) is 3.48. The number of carbonyl (C=O) groups excluding carboxylic acids is 1. The summed E-state index contributed by atoms with van der Waals surface area (Å²) in [5.74, 6) is 2.52. The quantitative estimate of drug-likeness (QED) is 0.888. The van der Waals surface area contributed by atoms with Gasteiger partial charge in [0.25, 0.3) is 0 Å². The van der Waals surface area contributed by atoms with E-state index in [0.29, 0.717) is 23.5 Å². The number of aromatic nitrogens is 1. The highest BCUT2D eigenvalue weighted by atomic mass is 32.1. The smallest absolute Gasteiger partial charge is 0.226 e. The Morgan fingerprint density at radius 2 is 2.42 bits per heavy atom. The van der Waals surface area contributed by atoms with Crippen LogP contribution in [0.5, 0.6) is 0 Å². The molecule has 0 radical (unpaired) electrons. The van der Waals surface area contributed by atoms with Crippen molar-refractivity contribution in [2.24, 2.45) is 17.8 Å². The third kappa shape index (κ3) is 2.76. The second-order valence-electron chi connectivity index (χ2n) is 6.05. The van der Waals surface area contributed by atoms with Crippen molar-refractivity contribution in [3.63, 3.8) is 0 Å². The molecule has 0 saturated heterocycles. The van der Waals surface area contributed by atoms with Crippen molar-refractivity contribution in [1.29, 1.82) is 0 Å². The highest BCUT2D eigenvalue weighted by molar-refractivity contribution is 7.13. The monoisotopic (exact) mass is 279 g/mol. The van der Waals surface area contributed by atoms with Crippen LogP contribution in [0.15, 0.2) is 5.38 Å². The standard InChI is InChI=1S/C14H21N3OS/c1-8(12-5-9-2-3-10(12)4-9)16-13(18)6-11-7-19-14(15)17-11/h7-10,12H,2-6H2,1H3,(H2,15,17)(H,16,18). The largest absolute Gasteiger partial charge is 0.375 e. The van der Waals surface area contributed by atoms with Gasteiger partial charge in [-0.25, -0.2) is 4.98 Å². The SMILES string of the molecule is CC(NC(=O)Cc1csc(N)n1)C1CC2CCC1C2. The van der Waals surface area contributed by atoms with E-state index in [1.54, 1.807) is 0 Å². The molecule has 0 spiro atoms. The molecule has 104 valence electrons. The second-order valence-corrected chi connectivity index (χ2v) is 6.94. The van der Waals surface area contributed by atoms with Crippen LogP contribution in [0, 0.1) is 17.8 Å². The van der Waals surface area contributed by atoms with E-state index in [2.05, 4.69) is 17.2 Å². The maximum Gasteiger partial charge on any atom is 0.226 e. The number of nitrogens with zero attached hydrogens (tertiary/aromatic N) is 1. The summed E-state index contributed by atoms with van der Waals surface area (Å²) in [6.07, 6.45) is 5.79. The highest BCUT2D eigenvalue weighted by Crippen LogP contribution is 2.49. The van der Waals surface area contributed by atoms with Gasteiger partial charge in [0.05, 0.1) is 12.1 Å². The van der Waals surface area contributed by atoms with Gasteiger partial charge in [-0.15, -0.1) is 11.3 Å². The average Bonchev–Trinajstić information content (AvgIpc) is 3.05. The van der Waals surface area contributed by atoms with Gasteiger partial charge in [0.15, 0.2) is 5.13 Å². The molecular weight excluding hydrogens is 258 g/mol. The lowest BCUT2D eigenvalue weighted by atomic mass is 9.84. The minimum absolute atomic E-state index is 0.0700. The summed E-state index contributed by atoms with van der Waals surface area (Å²) in [7, 11) is 0. The van der Waals surface area contributed by atoms with Crippen molar-refractivity contribution in [2.75, 3.05) is 5.73 Å². The minimum atomic E-state index is 0.0700. The van der Waals surface area contributed by atoms with Gasteiger partial charge in [-0.05, 0) is 43.9 Å². The molecule has 19 heavy (non-hydrogen) atoms. The normalized spacial score (nSPS) is 30.5. The number of fused-ring (bicyclic) bond motifs is 2. The first-order valence-corrected chi connectivity index (χ1v) is 7.99. The second kappa shape index (κ2) is 5.12. The number of rotatable bonds is 4. The Bertz CT molecular complexity index is 473. The summed E-state index contributed by atoms with van der Waals surface area (Å²) in [5, 5.41) is 5.54.